The van der Waals surface area contributed by atoms with Crippen molar-refractivity contribution in [3.8, 4) is 11.5 Å². The Morgan fingerprint density at radius 1 is 1.10 bits per heavy atom. The summed E-state index contributed by atoms with van der Waals surface area (Å²) < 4.78 is 24.7. The molecule has 0 spiro atoms. The lowest BCUT2D eigenvalue weighted by Gasteiger charge is -2.19. The number of hydrogen-bond acceptors (Lipinski definition) is 3. The van der Waals surface area contributed by atoms with E-state index >= 15 is 0 Å². The lowest BCUT2D eigenvalue weighted by Crippen LogP contribution is -2.16. The molecule has 0 saturated heterocycles. The Morgan fingerprint density at radius 2 is 1.76 bits per heavy atom. The van der Waals surface area contributed by atoms with Gasteiger partial charge in [-0.1, -0.05) is 23.2 Å². The molecule has 3 rings (SSSR count). The number of carbonyl (C=O) groups excluding carboxylic acids is 1. The standard InChI is InChI=1S/C16H12ClFO3/c1-9-2-3-13(18)11(6-9)16(19)10-7-14-15(8-12(10)17)21-5-4-20-14/h2-3,6-8H,4-5H2,1H3. The Labute approximate surface area is 126 Å². The van der Waals surface area contributed by atoms with Crippen molar-refractivity contribution in [2.45, 2.75) is 6.92 Å². The van der Waals surface area contributed by atoms with E-state index in [9.17, 15) is 9.18 Å². The molecule has 2 aromatic carbocycles. The Balaban J connectivity index is 2.07. The molecule has 0 amide bonds. The number of halogens is 2. The summed E-state index contributed by atoms with van der Waals surface area (Å²) in [7, 11) is 0. The van der Waals surface area contributed by atoms with Gasteiger partial charge in [-0.2, -0.15) is 0 Å². The van der Waals surface area contributed by atoms with E-state index in [1.54, 1.807) is 13.0 Å². The number of benzene rings is 2. The van der Waals surface area contributed by atoms with Gasteiger partial charge in [0.1, 0.15) is 19.0 Å². The van der Waals surface area contributed by atoms with Gasteiger partial charge in [0.2, 0.25) is 0 Å². The first-order chi connectivity index (χ1) is 10.1. The van der Waals surface area contributed by atoms with Gasteiger partial charge in [0.25, 0.3) is 0 Å². The molecule has 0 atom stereocenters. The molecular weight excluding hydrogens is 295 g/mol. The van der Waals surface area contributed by atoms with Gasteiger partial charge in [0.05, 0.1) is 10.6 Å². The van der Waals surface area contributed by atoms with E-state index in [1.165, 1.54) is 24.3 Å². The summed E-state index contributed by atoms with van der Waals surface area (Å²) in [6.07, 6.45) is 0. The number of ether oxygens (including phenoxy) is 2. The summed E-state index contributed by atoms with van der Waals surface area (Å²) in [4.78, 5) is 12.5. The highest BCUT2D eigenvalue weighted by Crippen LogP contribution is 2.36. The summed E-state index contributed by atoms with van der Waals surface area (Å²) in [6.45, 7) is 2.63. The molecule has 0 radical (unpaired) electrons. The lowest BCUT2D eigenvalue weighted by atomic mass is 10.0. The molecule has 0 aliphatic carbocycles. The SMILES string of the molecule is Cc1ccc(F)c(C(=O)c2cc3c(cc2Cl)OCCO3)c1. The lowest BCUT2D eigenvalue weighted by molar-refractivity contribution is 0.103. The third-order valence-corrected chi connectivity index (χ3v) is 3.56. The average molecular weight is 307 g/mol. The number of fused-ring (bicyclic) bond motifs is 1. The predicted octanol–water partition coefficient (Wildman–Crippen LogP) is 3.79. The average Bonchev–Trinajstić information content (AvgIpc) is 2.48. The third kappa shape index (κ3) is 2.59. The number of ketones is 1. The van der Waals surface area contributed by atoms with Crippen LogP contribution in [0.3, 0.4) is 0 Å². The molecule has 2 aromatic rings. The molecule has 108 valence electrons. The highest BCUT2D eigenvalue weighted by Gasteiger charge is 2.21. The highest BCUT2D eigenvalue weighted by atomic mass is 35.5. The number of rotatable bonds is 2. The van der Waals surface area contributed by atoms with E-state index in [0.29, 0.717) is 24.7 Å². The van der Waals surface area contributed by atoms with Gasteiger partial charge >= 0.3 is 0 Å². The Hall–Kier alpha value is -2.07. The molecular formula is C16H12ClFO3. The van der Waals surface area contributed by atoms with Gasteiger partial charge < -0.3 is 9.47 Å². The molecule has 1 aliphatic heterocycles. The van der Waals surface area contributed by atoms with Gasteiger partial charge in [-0.05, 0) is 25.1 Å². The molecule has 1 heterocycles. The van der Waals surface area contributed by atoms with E-state index in [1.807, 2.05) is 0 Å². The summed E-state index contributed by atoms with van der Waals surface area (Å²) >= 11 is 6.12. The summed E-state index contributed by atoms with van der Waals surface area (Å²) in [5.74, 6) is -0.107. The van der Waals surface area contributed by atoms with Crippen LogP contribution in [0.15, 0.2) is 30.3 Å². The first-order valence-corrected chi connectivity index (χ1v) is 6.84. The molecule has 1 aliphatic rings. The topological polar surface area (TPSA) is 35.5 Å². The van der Waals surface area contributed by atoms with Gasteiger partial charge in [-0.3, -0.25) is 4.79 Å². The second-order valence-corrected chi connectivity index (χ2v) is 5.20. The molecule has 0 N–H and O–H groups in total. The van der Waals surface area contributed by atoms with Crippen LogP contribution in [-0.2, 0) is 0 Å². The van der Waals surface area contributed by atoms with Crippen molar-refractivity contribution in [1.29, 1.82) is 0 Å². The minimum Gasteiger partial charge on any atom is -0.486 e. The molecule has 0 fully saturated rings. The van der Waals surface area contributed by atoms with Gasteiger partial charge in [0.15, 0.2) is 17.3 Å². The quantitative estimate of drug-likeness (QED) is 0.792. The Bertz CT molecular complexity index is 728. The molecule has 0 unspecified atom stereocenters. The van der Waals surface area contributed by atoms with Crippen LogP contribution in [-0.4, -0.2) is 19.0 Å². The van der Waals surface area contributed by atoms with Crippen LogP contribution in [0, 0.1) is 12.7 Å². The molecule has 0 bridgehead atoms. The van der Waals surface area contributed by atoms with Gasteiger partial charge in [-0.15, -0.1) is 0 Å². The maximum Gasteiger partial charge on any atom is 0.197 e. The number of aryl methyl sites for hydroxylation is 1. The van der Waals surface area contributed by atoms with Crippen molar-refractivity contribution in [2.24, 2.45) is 0 Å². The first kappa shape index (κ1) is 13.9. The molecule has 21 heavy (non-hydrogen) atoms. The normalized spacial score (nSPS) is 13.1. The second kappa shape index (κ2) is 5.37. The first-order valence-electron chi connectivity index (χ1n) is 6.46. The molecule has 0 aromatic heterocycles. The maximum absolute atomic E-state index is 13.9. The molecule has 0 saturated carbocycles. The van der Waals surface area contributed by atoms with Crippen molar-refractivity contribution in [3.05, 3.63) is 57.9 Å². The largest absolute Gasteiger partial charge is 0.486 e. The monoisotopic (exact) mass is 306 g/mol. The fraction of sp³-hybridized carbons (Fsp3) is 0.188. The smallest absolute Gasteiger partial charge is 0.197 e. The summed E-state index contributed by atoms with van der Waals surface area (Å²) in [5, 5.41) is 0.213. The Morgan fingerprint density at radius 3 is 2.48 bits per heavy atom. The van der Waals surface area contributed by atoms with E-state index in [2.05, 4.69) is 0 Å². The van der Waals surface area contributed by atoms with Crippen LogP contribution in [0.1, 0.15) is 21.5 Å². The maximum atomic E-state index is 13.9. The van der Waals surface area contributed by atoms with Crippen LogP contribution < -0.4 is 9.47 Å². The zero-order chi connectivity index (χ0) is 15.0. The van der Waals surface area contributed by atoms with Gasteiger partial charge in [-0.25, -0.2) is 4.39 Å². The van der Waals surface area contributed by atoms with E-state index < -0.39 is 11.6 Å². The highest BCUT2D eigenvalue weighted by molar-refractivity contribution is 6.35. The van der Waals surface area contributed by atoms with Crippen molar-refractivity contribution in [3.63, 3.8) is 0 Å². The molecule has 3 nitrogen and oxygen atoms in total. The van der Waals surface area contributed by atoms with E-state index in [0.717, 1.165) is 5.56 Å². The van der Waals surface area contributed by atoms with E-state index in [4.69, 9.17) is 21.1 Å². The Kier molecular flexibility index (Phi) is 3.55. The van der Waals surface area contributed by atoms with Crippen molar-refractivity contribution < 1.29 is 18.7 Å². The van der Waals surface area contributed by atoms with Crippen LogP contribution in [0.2, 0.25) is 5.02 Å². The van der Waals surface area contributed by atoms with Crippen molar-refractivity contribution >= 4 is 17.4 Å². The summed E-state index contributed by atoms with van der Waals surface area (Å²) in [5.41, 5.74) is 0.993. The van der Waals surface area contributed by atoms with Crippen LogP contribution in [0.5, 0.6) is 11.5 Å². The number of carbonyl (C=O) groups is 1. The minimum atomic E-state index is -0.573. The van der Waals surface area contributed by atoms with Gasteiger partial charge in [0, 0.05) is 11.6 Å². The zero-order valence-corrected chi connectivity index (χ0v) is 12.0. The third-order valence-electron chi connectivity index (χ3n) is 3.24. The van der Waals surface area contributed by atoms with Crippen molar-refractivity contribution in [1.82, 2.24) is 0 Å². The molecule has 5 heteroatoms. The minimum absolute atomic E-state index is 0.00595. The van der Waals surface area contributed by atoms with Crippen LogP contribution >= 0.6 is 11.6 Å². The zero-order valence-electron chi connectivity index (χ0n) is 11.3. The number of hydrogen-bond donors (Lipinski definition) is 0. The summed E-state index contributed by atoms with van der Waals surface area (Å²) in [6, 6.07) is 7.41. The fourth-order valence-electron chi connectivity index (χ4n) is 2.20. The van der Waals surface area contributed by atoms with Crippen molar-refractivity contribution in [2.75, 3.05) is 13.2 Å². The van der Waals surface area contributed by atoms with Crippen LogP contribution in [0.4, 0.5) is 4.39 Å². The predicted molar refractivity (Wildman–Crippen MR) is 77.0 cm³/mol. The van der Waals surface area contributed by atoms with Crippen LogP contribution in [0.25, 0.3) is 0 Å². The second-order valence-electron chi connectivity index (χ2n) is 4.79. The van der Waals surface area contributed by atoms with E-state index in [-0.39, 0.29) is 16.1 Å². The fourth-order valence-corrected chi connectivity index (χ4v) is 2.44.